The molecule has 2 aromatic rings. The molecule has 0 radical (unpaired) electrons. The minimum Gasteiger partial charge on any atom is -0.497 e. The van der Waals surface area contributed by atoms with E-state index >= 15 is 0 Å². The van der Waals surface area contributed by atoms with Crippen LogP contribution in [0.3, 0.4) is 0 Å². The minimum absolute atomic E-state index is 0.0850. The standard InChI is InChI=1S/C17H20N2O6S/c1-22-13-6-5-12(16(9-13)25-4)11-18-19-26(20,21)17-10-14(23-2)7-8-15(17)24-3/h5-11,19H,1-4H3/b18-11+. The Morgan fingerprint density at radius 1 is 0.846 bits per heavy atom. The summed E-state index contributed by atoms with van der Waals surface area (Å²) >= 11 is 0. The summed E-state index contributed by atoms with van der Waals surface area (Å²) in [5.74, 6) is 1.66. The van der Waals surface area contributed by atoms with E-state index in [4.69, 9.17) is 18.9 Å². The lowest BCUT2D eigenvalue weighted by atomic mass is 10.2. The van der Waals surface area contributed by atoms with Crippen molar-refractivity contribution in [3.8, 4) is 23.0 Å². The van der Waals surface area contributed by atoms with Crippen LogP contribution in [0.5, 0.6) is 23.0 Å². The number of nitrogens with one attached hydrogen (secondary N) is 1. The van der Waals surface area contributed by atoms with E-state index in [1.54, 1.807) is 24.3 Å². The number of sulfonamides is 1. The van der Waals surface area contributed by atoms with E-state index in [0.717, 1.165) is 0 Å². The Bertz CT molecular complexity index is 896. The molecule has 140 valence electrons. The topological polar surface area (TPSA) is 95.5 Å². The minimum atomic E-state index is -3.96. The van der Waals surface area contributed by atoms with Crippen LogP contribution in [0.15, 0.2) is 46.4 Å². The van der Waals surface area contributed by atoms with Crippen molar-refractivity contribution in [2.75, 3.05) is 28.4 Å². The number of hydrogen-bond acceptors (Lipinski definition) is 7. The Morgan fingerprint density at radius 3 is 2.08 bits per heavy atom. The molecule has 0 aliphatic rings. The molecule has 0 aliphatic heterocycles. The average molecular weight is 380 g/mol. The Labute approximate surface area is 152 Å². The SMILES string of the molecule is COc1ccc(/C=N/NS(=O)(=O)c2cc(OC)ccc2OC)c(OC)c1. The van der Waals surface area contributed by atoms with Crippen LogP contribution >= 0.6 is 0 Å². The number of benzene rings is 2. The summed E-state index contributed by atoms with van der Waals surface area (Å²) in [6.07, 6.45) is 1.34. The predicted octanol–water partition coefficient (Wildman–Crippen LogP) is 2.03. The van der Waals surface area contributed by atoms with E-state index < -0.39 is 10.0 Å². The van der Waals surface area contributed by atoms with Crippen molar-refractivity contribution in [1.82, 2.24) is 4.83 Å². The monoisotopic (exact) mass is 380 g/mol. The van der Waals surface area contributed by atoms with Gasteiger partial charge >= 0.3 is 0 Å². The second-order valence-corrected chi connectivity index (χ2v) is 6.61. The second kappa shape index (κ2) is 8.43. The summed E-state index contributed by atoms with van der Waals surface area (Å²) in [7, 11) is 1.91. The first-order valence-electron chi connectivity index (χ1n) is 7.44. The van der Waals surface area contributed by atoms with Crippen molar-refractivity contribution >= 4 is 16.2 Å². The number of ether oxygens (including phenoxy) is 4. The fourth-order valence-corrected chi connectivity index (χ4v) is 3.11. The maximum atomic E-state index is 12.5. The summed E-state index contributed by atoms with van der Waals surface area (Å²) in [5, 5.41) is 3.80. The lowest BCUT2D eigenvalue weighted by Gasteiger charge is -2.11. The molecule has 0 aliphatic carbocycles. The smallest absolute Gasteiger partial charge is 0.280 e. The molecule has 0 atom stereocenters. The Kier molecular flexibility index (Phi) is 6.29. The fourth-order valence-electron chi connectivity index (χ4n) is 2.13. The molecule has 9 heteroatoms. The summed E-state index contributed by atoms with van der Waals surface area (Å²) in [4.78, 5) is 2.06. The largest absolute Gasteiger partial charge is 0.497 e. The van der Waals surface area contributed by atoms with Gasteiger partial charge in [-0.25, -0.2) is 0 Å². The highest BCUT2D eigenvalue weighted by molar-refractivity contribution is 7.89. The summed E-state index contributed by atoms with van der Waals surface area (Å²) < 4.78 is 45.5. The molecule has 26 heavy (non-hydrogen) atoms. The highest BCUT2D eigenvalue weighted by Gasteiger charge is 2.20. The third-order valence-electron chi connectivity index (χ3n) is 3.48. The van der Waals surface area contributed by atoms with Gasteiger partial charge in [0.25, 0.3) is 10.0 Å². The fraction of sp³-hybridized carbons (Fsp3) is 0.235. The van der Waals surface area contributed by atoms with Crippen molar-refractivity contribution < 1.29 is 27.4 Å². The first kappa shape index (κ1) is 19.4. The number of nitrogens with zero attached hydrogens (tertiary/aromatic N) is 1. The maximum absolute atomic E-state index is 12.5. The van der Waals surface area contributed by atoms with Gasteiger partial charge < -0.3 is 18.9 Å². The van der Waals surface area contributed by atoms with Crippen molar-refractivity contribution in [1.29, 1.82) is 0 Å². The molecule has 0 spiro atoms. The van der Waals surface area contributed by atoms with Gasteiger partial charge in [-0.05, 0) is 24.3 Å². The van der Waals surface area contributed by atoms with Crippen molar-refractivity contribution in [3.05, 3.63) is 42.0 Å². The van der Waals surface area contributed by atoms with E-state index in [2.05, 4.69) is 9.93 Å². The van der Waals surface area contributed by atoms with Crippen molar-refractivity contribution in [3.63, 3.8) is 0 Å². The molecule has 0 heterocycles. The Balaban J connectivity index is 2.27. The van der Waals surface area contributed by atoms with Gasteiger partial charge in [-0.15, -0.1) is 0 Å². The van der Waals surface area contributed by atoms with Crippen LogP contribution in [0.1, 0.15) is 5.56 Å². The highest BCUT2D eigenvalue weighted by Crippen LogP contribution is 2.28. The van der Waals surface area contributed by atoms with Gasteiger partial charge in [-0.3, -0.25) is 0 Å². The van der Waals surface area contributed by atoms with Crippen LogP contribution in [0.25, 0.3) is 0 Å². The third-order valence-corrected chi connectivity index (χ3v) is 4.72. The van der Waals surface area contributed by atoms with Gasteiger partial charge in [0.05, 0.1) is 34.7 Å². The average Bonchev–Trinajstić information content (AvgIpc) is 2.67. The number of rotatable bonds is 8. The molecule has 0 amide bonds. The molecule has 0 aromatic heterocycles. The van der Waals surface area contributed by atoms with Gasteiger partial charge in [-0.2, -0.15) is 18.4 Å². The molecule has 1 N–H and O–H groups in total. The van der Waals surface area contributed by atoms with Gasteiger partial charge in [0.1, 0.15) is 27.9 Å². The zero-order valence-corrected chi connectivity index (χ0v) is 15.7. The van der Waals surface area contributed by atoms with Crippen LogP contribution in [0, 0.1) is 0 Å². The number of hydrogen-bond donors (Lipinski definition) is 1. The van der Waals surface area contributed by atoms with Crippen LogP contribution in [-0.2, 0) is 10.0 Å². The van der Waals surface area contributed by atoms with E-state index in [1.165, 1.54) is 46.8 Å². The number of hydrazone groups is 1. The molecule has 0 bridgehead atoms. The lowest BCUT2D eigenvalue weighted by Crippen LogP contribution is -2.19. The van der Waals surface area contributed by atoms with Crippen LogP contribution in [-0.4, -0.2) is 43.1 Å². The molecule has 0 fully saturated rings. The second-order valence-electron chi connectivity index (χ2n) is 4.98. The molecule has 0 saturated heterocycles. The molecule has 2 aromatic carbocycles. The van der Waals surface area contributed by atoms with Crippen molar-refractivity contribution in [2.45, 2.75) is 4.90 Å². The molecular weight excluding hydrogens is 360 g/mol. The molecule has 2 rings (SSSR count). The summed E-state index contributed by atoms with van der Waals surface area (Å²) in [5.41, 5.74) is 0.577. The summed E-state index contributed by atoms with van der Waals surface area (Å²) in [6, 6.07) is 9.53. The third kappa shape index (κ3) is 4.37. The first-order chi connectivity index (χ1) is 12.4. The highest BCUT2D eigenvalue weighted by atomic mass is 32.2. The van der Waals surface area contributed by atoms with Gasteiger partial charge in [0.2, 0.25) is 0 Å². The van der Waals surface area contributed by atoms with Gasteiger partial charge in [-0.1, -0.05) is 0 Å². The number of methoxy groups -OCH3 is 4. The van der Waals surface area contributed by atoms with Gasteiger partial charge in [0.15, 0.2) is 0 Å². The van der Waals surface area contributed by atoms with E-state index in [9.17, 15) is 8.42 Å². The van der Waals surface area contributed by atoms with Gasteiger partial charge in [0, 0.05) is 17.7 Å². The normalized spacial score (nSPS) is 11.2. The first-order valence-corrected chi connectivity index (χ1v) is 8.92. The van der Waals surface area contributed by atoms with E-state index in [1.807, 2.05) is 0 Å². The van der Waals surface area contributed by atoms with Crippen LogP contribution in [0.2, 0.25) is 0 Å². The lowest BCUT2D eigenvalue weighted by molar-refractivity contribution is 0.392. The van der Waals surface area contributed by atoms with Crippen LogP contribution < -0.4 is 23.8 Å². The maximum Gasteiger partial charge on any atom is 0.280 e. The Hall–Kier alpha value is -2.94. The molecule has 0 unspecified atom stereocenters. The zero-order valence-electron chi connectivity index (χ0n) is 14.8. The molecule has 8 nitrogen and oxygen atoms in total. The zero-order chi connectivity index (χ0) is 19.2. The van der Waals surface area contributed by atoms with E-state index in [0.29, 0.717) is 22.8 Å². The quantitative estimate of drug-likeness (QED) is 0.556. The van der Waals surface area contributed by atoms with Crippen LogP contribution in [0.4, 0.5) is 0 Å². The molecular formula is C17H20N2O6S. The van der Waals surface area contributed by atoms with E-state index in [-0.39, 0.29) is 10.6 Å². The predicted molar refractivity (Wildman–Crippen MR) is 97.0 cm³/mol. The molecule has 0 saturated carbocycles. The van der Waals surface area contributed by atoms with Crippen molar-refractivity contribution in [2.24, 2.45) is 5.10 Å². The Morgan fingerprint density at radius 2 is 1.46 bits per heavy atom. The summed E-state index contributed by atoms with van der Waals surface area (Å²) in [6.45, 7) is 0.